The van der Waals surface area contributed by atoms with Crippen molar-refractivity contribution < 1.29 is 23.4 Å². The fraction of sp³-hybridized carbons (Fsp3) is 0.417. The lowest BCUT2D eigenvalue weighted by molar-refractivity contribution is -0.0497. The monoisotopic (exact) mass is 342 g/mol. The molecular formula is C12H14Cl2F2N2O3. The Morgan fingerprint density at radius 2 is 1.95 bits per heavy atom. The second-order valence-electron chi connectivity index (χ2n) is 4.17. The van der Waals surface area contributed by atoms with Crippen LogP contribution < -0.4 is 15.4 Å². The molecule has 0 aromatic heterocycles. The molecular weight excluding hydrogens is 329 g/mol. The van der Waals surface area contributed by atoms with E-state index >= 15 is 0 Å². The first-order chi connectivity index (χ1) is 9.79. The summed E-state index contributed by atoms with van der Waals surface area (Å²) >= 11 is 11.5. The Morgan fingerprint density at radius 1 is 1.38 bits per heavy atom. The summed E-state index contributed by atoms with van der Waals surface area (Å²) in [4.78, 5) is 11.5. The highest BCUT2D eigenvalue weighted by Crippen LogP contribution is 2.36. The van der Waals surface area contributed by atoms with Gasteiger partial charge in [-0.3, -0.25) is 0 Å². The van der Waals surface area contributed by atoms with Crippen molar-refractivity contribution in [3.05, 3.63) is 22.2 Å². The predicted molar refractivity (Wildman–Crippen MR) is 76.4 cm³/mol. The lowest BCUT2D eigenvalue weighted by Crippen LogP contribution is -2.30. The van der Waals surface area contributed by atoms with Crippen LogP contribution in [0.4, 0.5) is 19.3 Å². The number of urea groups is 1. The van der Waals surface area contributed by atoms with Crippen LogP contribution in [0.2, 0.25) is 10.0 Å². The van der Waals surface area contributed by atoms with Crippen LogP contribution in [0.1, 0.15) is 13.3 Å². The molecule has 3 N–H and O–H groups in total. The quantitative estimate of drug-likeness (QED) is 0.741. The largest absolute Gasteiger partial charge is 0.432 e. The van der Waals surface area contributed by atoms with Gasteiger partial charge in [-0.25, -0.2) is 4.79 Å². The third-order valence-corrected chi connectivity index (χ3v) is 2.87. The van der Waals surface area contributed by atoms with Crippen LogP contribution >= 0.6 is 23.2 Å². The maximum Gasteiger partial charge on any atom is 0.387 e. The van der Waals surface area contributed by atoms with Gasteiger partial charge in [0.1, 0.15) is 0 Å². The zero-order chi connectivity index (χ0) is 16.0. The lowest BCUT2D eigenvalue weighted by Gasteiger charge is -2.12. The van der Waals surface area contributed by atoms with Crippen LogP contribution in [0.15, 0.2) is 12.1 Å². The molecule has 1 aromatic rings. The van der Waals surface area contributed by atoms with Crippen molar-refractivity contribution in [2.24, 2.45) is 0 Å². The molecule has 118 valence electrons. The number of amides is 2. The number of alkyl halides is 2. The normalized spacial score (nSPS) is 12.1. The number of benzene rings is 1. The summed E-state index contributed by atoms with van der Waals surface area (Å²) in [7, 11) is 0. The summed E-state index contributed by atoms with van der Waals surface area (Å²) in [6, 6.07) is 1.93. The van der Waals surface area contributed by atoms with E-state index in [2.05, 4.69) is 15.4 Å². The van der Waals surface area contributed by atoms with Gasteiger partial charge >= 0.3 is 12.6 Å². The Hall–Kier alpha value is -1.31. The molecule has 1 rings (SSSR count). The Bertz CT molecular complexity index is 478. The second kappa shape index (κ2) is 8.21. The molecule has 9 heteroatoms. The molecule has 21 heavy (non-hydrogen) atoms. The van der Waals surface area contributed by atoms with E-state index in [1.807, 2.05) is 0 Å². The predicted octanol–water partition coefficient (Wildman–Crippen LogP) is 3.49. The minimum absolute atomic E-state index is 0.151. The van der Waals surface area contributed by atoms with E-state index in [4.69, 9.17) is 28.3 Å². The van der Waals surface area contributed by atoms with E-state index in [0.717, 1.165) is 0 Å². The number of carbonyl (C=O) groups excluding carboxylic acids is 1. The molecule has 1 aromatic carbocycles. The molecule has 0 radical (unpaired) electrons. The average Bonchev–Trinajstić information content (AvgIpc) is 2.33. The number of ether oxygens (including phenoxy) is 1. The van der Waals surface area contributed by atoms with Crippen LogP contribution in [0.25, 0.3) is 0 Å². The van der Waals surface area contributed by atoms with Crippen molar-refractivity contribution in [2.75, 3.05) is 11.9 Å². The molecule has 0 bridgehead atoms. The molecule has 0 unspecified atom stereocenters. The Balaban J connectivity index is 2.66. The maximum atomic E-state index is 12.2. The average molecular weight is 343 g/mol. The number of aliphatic hydroxyl groups is 1. The molecule has 0 aliphatic carbocycles. The Labute approximate surface area is 130 Å². The number of halogens is 4. The summed E-state index contributed by atoms with van der Waals surface area (Å²) in [5, 5.41) is 13.7. The molecule has 0 fully saturated rings. The minimum Gasteiger partial charge on any atom is -0.432 e. The highest BCUT2D eigenvalue weighted by molar-refractivity contribution is 6.37. The number of hydrogen-bond donors (Lipinski definition) is 3. The summed E-state index contributed by atoms with van der Waals surface area (Å²) in [6.07, 6.45) is -0.129. The standard InChI is InChI=1S/C12H14Cl2F2N2O3/c1-6(19)2-3-17-12(20)18-7-4-8(13)10(9(14)5-7)21-11(15)16/h4-6,11,19H,2-3H2,1H3,(H2,17,18,20)/t6-/m1/s1. The third-order valence-electron chi connectivity index (χ3n) is 2.31. The van der Waals surface area contributed by atoms with Gasteiger partial charge in [0.2, 0.25) is 0 Å². The molecule has 1 atom stereocenters. The van der Waals surface area contributed by atoms with Gasteiger partial charge < -0.3 is 20.5 Å². The molecule has 0 aliphatic rings. The molecule has 0 heterocycles. The summed E-state index contributed by atoms with van der Waals surface area (Å²) in [5.74, 6) is -0.353. The SMILES string of the molecule is C[C@@H](O)CCNC(=O)Nc1cc(Cl)c(OC(F)F)c(Cl)c1. The van der Waals surface area contributed by atoms with Crippen molar-refractivity contribution in [3.8, 4) is 5.75 Å². The van der Waals surface area contributed by atoms with E-state index in [-0.39, 0.29) is 28.0 Å². The Kier molecular flexibility index (Phi) is 6.94. The van der Waals surface area contributed by atoms with Crippen molar-refractivity contribution in [3.63, 3.8) is 0 Å². The first-order valence-corrected chi connectivity index (χ1v) is 6.72. The number of aliphatic hydroxyl groups excluding tert-OH is 1. The van der Waals surface area contributed by atoms with E-state index in [1.54, 1.807) is 6.92 Å². The first kappa shape index (κ1) is 17.7. The first-order valence-electron chi connectivity index (χ1n) is 5.96. The van der Waals surface area contributed by atoms with Gasteiger partial charge in [0, 0.05) is 12.2 Å². The number of anilines is 1. The number of rotatable bonds is 6. The van der Waals surface area contributed by atoms with Crippen LogP contribution in [0, 0.1) is 0 Å². The molecule has 2 amide bonds. The zero-order valence-electron chi connectivity index (χ0n) is 11.0. The number of carbonyl (C=O) groups is 1. The van der Waals surface area contributed by atoms with Crippen molar-refractivity contribution >= 4 is 34.9 Å². The molecule has 0 aliphatic heterocycles. The van der Waals surface area contributed by atoms with Crippen molar-refractivity contribution in [1.82, 2.24) is 5.32 Å². The highest BCUT2D eigenvalue weighted by atomic mass is 35.5. The summed E-state index contributed by atoms with van der Waals surface area (Å²) in [6.45, 7) is -1.18. The molecule has 0 saturated heterocycles. The van der Waals surface area contributed by atoms with E-state index in [0.29, 0.717) is 6.42 Å². The van der Waals surface area contributed by atoms with Gasteiger partial charge in [0.05, 0.1) is 16.1 Å². The van der Waals surface area contributed by atoms with E-state index in [9.17, 15) is 13.6 Å². The molecule has 0 spiro atoms. The van der Waals surface area contributed by atoms with Gasteiger partial charge in [-0.1, -0.05) is 23.2 Å². The second-order valence-corrected chi connectivity index (χ2v) is 4.98. The lowest BCUT2D eigenvalue weighted by atomic mass is 10.3. The molecule has 0 saturated carbocycles. The van der Waals surface area contributed by atoms with Gasteiger partial charge in [-0.05, 0) is 25.5 Å². The van der Waals surface area contributed by atoms with Crippen molar-refractivity contribution in [1.29, 1.82) is 0 Å². The Morgan fingerprint density at radius 3 is 2.43 bits per heavy atom. The minimum atomic E-state index is -3.05. The third kappa shape index (κ3) is 6.33. The topological polar surface area (TPSA) is 70.6 Å². The zero-order valence-corrected chi connectivity index (χ0v) is 12.5. The molecule has 5 nitrogen and oxygen atoms in total. The number of nitrogens with one attached hydrogen (secondary N) is 2. The van der Waals surface area contributed by atoms with Gasteiger partial charge in [-0.15, -0.1) is 0 Å². The van der Waals surface area contributed by atoms with Crippen LogP contribution in [-0.2, 0) is 0 Å². The van der Waals surface area contributed by atoms with Gasteiger partial charge in [0.25, 0.3) is 0 Å². The van der Waals surface area contributed by atoms with E-state index < -0.39 is 18.7 Å². The van der Waals surface area contributed by atoms with Crippen LogP contribution in [0.3, 0.4) is 0 Å². The van der Waals surface area contributed by atoms with Crippen LogP contribution in [-0.4, -0.2) is 30.4 Å². The summed E-state index contributed by atoms with van der Waals surface area (Å²) in [5.41, 5.74) is 0.223. The highest BCUT2D eigenvalue weighted by Gasteiger charge is 2.15. The summed E-state index contributed by atoms with van der Waals surface area (Å²) < 4.78 is 28.5. The fourth-order valence-corrected chi connectivity index (χ4v) is 1.98. The van der Waals surface area contributed by atoms with E-state index in [1.165, 1.54) is 12.1 Å². The smallest absolute Gasteiger partial charge is 0.387 e. The number of hydrogen-bond acceptors (Lipinski definition) is 3. The van der Waals surface area contributed by atoms with Crippen molar-refractivity contribution in [2.45, 2.75) is 26.1 Å². The van der Waals surface area contributed by atoms with Gasteiger partial charge in [-0.2, -0.15) is 8.78 Å². The maximum absolute atomic E-state index is 12.2. The van der Waals surface area contributed by atoms with Gasteiger partial charge in [0.15, 0.2) is 5.75 Å². The fourth-order valence-electron chi connectivity index (χ4n) is 1.40. The van der Waals surface area contributed by atoms with Crippen LogP contribution in [0.5, 0.6) is 5.75 Å².